The van der Waals surface area contributed by atoms with Gasteiger partial charge in [0, 0.05) is 12.1 Å². The smallest absolute Gasteiger partial charge is 0.123 e. The number of hydrogen-bond donors (Lipinski definition) is 1. The van der Waals surface area contributed by atoms with Crippen LogP contribution in [0.1, 0.15) is 38.8 Å². The van der Waals surface area contributed by atoms with E-state index in [4.69, 9.17) is 0 Å². The van der Waals surface area contributed by atoms with E-state index >= 15 is 0 Å². The number of nitrogens with one attached hydrogen (secondary N) is 1. The van der Waals surface area contributed by atoms with Gasteiger partial charge in [-0.25, -0.2) is 4.39 Å². The summed E-state index contributed by atoms with van der Waals surface area (Å²) in [5.41, 5.74) is 1.16. The molecular formula is C12H18FN. The number of rotatable bonds is 4. The summed E-state index contributed by atoms with van der Waals surface area (Å²) >= 11 is 0. The highest BCUT2D eigenvalue weighted by molar-refractivity contribution is 5.19. The van der Waals surface area contributed by atoms with Crippen LogP contribution in [0.2, 0.25) is 0 Å². The fraction of sp³-hybridized carbons (Fsp3) is 0.500. The minimum Gasteiger partial charge on any atom is -0.308 e. The lowest BCUT2D eigenvalue weighted by molar-refractivity contribution is 0.465. The number of hydrogen-bond acceptors (Lipinski definition) is 1. The van der Waals surface area contributed by atoms with E-state index in [1.165, 1.54) is 12.1 Å². The molecule has 0 aromatic heterocycles. The van der Waals surface area contributed by atoms with Crippen molar-refractivity contribution in [2.75, 3.05) is 0 Å². The third kappa shape index (κ3) is 3.11. The van der Waals surface area contributed by atoms with Crippen LogP contribution >= 0.6 is 0 Å². The van der Waals surface area contributed by atoms with Gasteiger partial charge in [-0.15, -0.1) is 0 Å². The first-order chi connectivity index (χ1) is 6.63. The molecule has 0 aliphatic carbocycles. The van der Waals surface area contributed by atoms with Crippen molar-refractivity contribution < 1.29 is 4.39 Å². The Labute approximate surface area is 85.3 Å². The van der Waals surface area contributed by atoms with Gasteiger partial charge in [-0.1, -0.05) is 32.9 Å². The molecule has 0 aliphatic rings. The summed E-state index contributed by atoms with van der Waals surface area (Å²) in [5, 5.41) is 3.44. The maximum atomic E-state index is 12.7. The summed E-state index contributed by atoms with van der Waals surface area (Å²) in [6.45, 7) is 6.36. The normalized spacial score (nSPS) is 13.2. The molecule has 1 aromatic carbocycles. The predicted molar refractivity (Wildman–Crippen MR) is 57.7 cm³/mol. The van der Waals surface area contributed by atoms with Crippen molar-refractivity contribution in [3.8, 4) is 0 Å². The second-order valence-corrected chi connectivity index (χ2v) is 3.83. The van der Waals surface area contributed by atoms with Crippen LogP contribution in [0, 0.1) is 5.82 Å². The SMILES string of the molecule is CCC(NC(C)C)c1ccc(F)cc1. The summed E-state index contributed by atoms with van der Waals surface area (Å²) < 4.78 is 12.7. The highest BCUT2D eigenvalue weighted by atomic mass is 19.1. The summed E-state index contributed by atoms with van der Waals surface area (Å²) in [6.07, 6.45) is 1.02. The molecule has 1 rings (SSSR count). The topological polar surface area (TPSA) is 12.0 Å². The molecule has 1 unspecified atom stereocenters. The molecule has 0 saturated heterocycles. The lowest BCUT2D eigenvalue weighted by Crippen LogP contribution is -2.27. The van der Waals surface area contributed by atoms with Gasteiger partial charge in [-0.3, -0.25) is 0 Å². The average molecular weight is 195 g/mol. The van der Waals surface area contributed by atoms with Crippen molar-refractivity contribution in [3.63, 3.8) is 0 Å². The van der Waals surface area contributed by atoms with E-state index < -0.39 is 0 Å². The molecule has 78 valence electrons. The lowest BCUT2D eigenvalue weighted by Gasteiger charge is -2.20. The van der Waals surface area contributed by atoms with Crippen LogP contribution in [0.5, 0.6) is 0 Å². The van der Waals surface area contributed by atoms with Crippen LogP contribution in [0.15, 0.2) is 24.3 Å². The largest absolute Gasteiger partial charge is 0.308 e. The summed E-state index contributed by atoms with van der Waals surface area (Å²) in [5.74, 6) is -0.173. The second kappa shape index (κ2) is 5.11. The first-order valence-corrected chi connectivity index (χ1v) is 5.15. The van der Waals surface area contributed by atoms with Crippen molar-refractivity contribution in [2.45, 2.75) is 39.3 Å². The van der Waals surface area contributed by atoms with Crippen molar-refractivity contribution in [1.29, 1.82) is 0 Å². The maximum absolute atomic E-state index is 12.7. The van der Waals surface area contributed by atoms with Crippen LogP contribution in [-0.4, -0.2) is 6.04 Å². The third-order valence-electron chi connectivity index (χ3n) is 2.22. The molecule has 0 amide bonds. The fourth-order valence-electron chi connectivity index (χ4n) is 1.55. The fourth-order valence-corrected chi connectivity index (χ4v) is 1.55. The van der Waals surface area contributed by atoms with E-state index in [1.807, 2.05) is 12.1 Å². The third-order valence-corrected chi connectivity index (χ3v) is 2.22. The van der Waals surface area contributed by atoms with Gasteiger partial charge in [0.05, 0.1) is 0 Å². The van der Waals surface area contributed by atoms with Crippen LogP contribution in [-0.2, 0) is 0 Å². The molecule has 0 aliphatic heterocycles. The Balaban J connectivity index is 2.73. The van der Waals surface area contributed by atoms with Crippen LogP contribution < -0.4 is 5.32 Å². The van der Waals surface area contributed by atoms with Gasteiger partial charge < -0.3 is 5.32 Å². The number of benzene rings is 1. The van der Waals surface area contributed by atoms with E-state index in [2.05, 4.69) is 26.1 Å². The molecule has 0 saturated carbocycles. The molecule has 2 heteroatoms. The summed E-state index contributed by atoms with van der Waals surface area (Å²) in [6, 6.07) is 7.50. The highest BCUT2D eigenvalue weighted by Gasteiger charge is 2.09. The van der Waals surface area contributed by atoms with Crippen LogP contribution in [0.4, 0.5) is 4.39 Å². The van der Waals surface area contributed by atoms with Gasteiger partial charge in [0.2, 0.25) is 0 Å². The summed E-state index contributed by atoms with van der Waals surface area (Å²) in [4.78, 5) is 0. The van der Waals surface area contributed by atoms with E-state index in [0.29, 0.717) is 12.1 Å². The Bertz CT molecular complexity index is 266. The molecule has 0 radical (unpaired) electrons. The zero-order valence-electron chi connectivity index (χ0n) is 9.05. The van der Waals surface area contributed by atoms with Gasteiger partial charge in [-0.2, -0.15) is 0 Å². The first kappa shape index (κ1) is 11.2. The van der Waals surface area contributed by atoms with Crippen LogP contribution in [0.25, 0.3) is 0 Å². The molecule has 0 bridgehead atoms. The lowest BCUT2D eigenvalue weighted by atomic mass is 10.0. The molecule has 1 atom stereocenters. The predicted octanol–water partition coefficient (Wildman–Crippen LogP) is 3.27. The van der Waals surface area contributed by atoms with Gasteiger partial charge in [-0.05, 0) is 24.1 Å². The van der Waals surface area contributed by atoms with Crippen molar-refractivity contribution in [2.24, 2.45) is 0 Å². The zero-order valence-corrected chi connectivity index (χ0v) is 9.05. The highest BCUT2D eigenvalue weighted by Crippen LogP contribution is 2.17. The average Bonchev–Trinajstić information content (AvgIpc) is 2.15. The molecule has 0 spiro atoms. The monoisotopic (exact) mass is 195 g/mol. The first-order valence-electron chi connectivity index (χ1n) is 5.15. The van der Waals surface area contributed by atoms with Crippen molar-refractivity contribution >= 4 is 0 Å². The van der Waals surface area contributed by atoms with E-state index in [9.17, 15) is 4.39 Å². The van der Waals surface area contributed by atoms with Gasteiger partial charge in [0.1, 0.15) is 5.82 Å². The van der Waals surface area contributed by atoms with E-state index in [0.717, 1.165) is 12.0 Å². The molecule has 0 heterocycles. The summed E-state index contributed by atoms with van der Waals surface area (Å²) in [7, 11) is 0. The Hall–Kier alpha value is -0.890. The minimum absolute atomic E-state index is 0.173. The molecule has 1 nitrogen and oxygen atoms in total. The van der Waals surface area contributed by atoms with Gasteiger partial charge >= 0.3 is 0 Å². The standard InChI is InChI=1S/C12H18FN/c1-4-12(14-9(2)3)10-5-7-11(13)8-6-10/h5-9,12,14H,4H2,1-3H3. The quantitative estimate of drug-likeness (QED) is 0.777. The molecular weight excluding hydrogens is 177 g/mol. The molecule has 0 fully saturated rings. The molecule has 1 N–H and O–H groups in total. The Kier molecular flexibility index (Phi) is 4.08. The maximum Gasteiger partial charge on any atom is 0.123 e. The number of halogens is 1. The minimum atomic E-state index is -0.173. The Morgan fingerprint density at radius 2 is 1.79 bits per heavy atom. The van der Waals surface area contributed by atoms with Gasteiger partial charge in [0.15, 0.2) is 0 Å². The molecule has 1 aromatic rings. The Morgan fingerprint density at radius 3 is 2.21 bits per heavy atom. The van der Waals surface area contributed by atoms with Gasteiger partial charge in [0.25, 0.3) is 0 Å². The van der Waals surface area contributed by atoms with Crippen molar-refractivity contribution in [3.05, 3.63) is 35.6 Å². The van der Waals surface area contributed by atoms with Crippen molar-refractivity contribution in [1.82, 2.24) is 5.32 Å². The van der Waals surface area contributed by atoms with Crippen LogP contribution in [0.3, 0.4) is 0 Å². The second-order valence-electron chi connectivity index (χ2n) is 3.83. The van der Waals surface area contributed by atoms with E-state index in [1.54, 1.807) is 0 Å². The Morgan fingerprint density at radius 1 is 1.21 bits per heavy atom. The zero-order chi connectivity index (χ0) is 10.6. The molecule has 14 heavy (non-hydrogen) atoms. The van der Waals surface area contributed by atoms with E-state index in [-0.39, 0.29) is 5.82 Å².